The minimum absolute atomic E-state index is 0.000558. The van der Waals surface area contributed by atoms with Gasteiger partial charge in [-0.05, 0) is 50.3 Å². The second-order valence-electron chi connectivity index (χ2n) is 5.75. The van der Waals surface area contributed by atoms with Gasteiger partial charge in [-0.25, -0.2) is 0 Å². The van der Waals surface area contributed by atoms with Gasteiger partial charge in [-0.1, -0.05) is 38.1 Å². The Bertz CT molecular complexity index is 379. The second kappa shape index (κ2) is 6.53. The summed E-state index contributed by atoms with van der Waals surface area (Å²) in [5, 5.41) is 3.62. The first-order valence-corrected chi connectivity index (χ1v) is 7.63. The van der Waals surface area contributed by atoms with Crippen LogP contribution in [0.1, 0.15) is 44.7 Å². The summed E-state index contributed by atoms with van der Waals surface area (Å²) in [4.78, 5) is 0. The van der Waals surface area contributed by atoms with Crippen molar-refractivity contribution in [1.29, 1.82) is 0 Å². The number of rotatable bonds is 6. The standard InChI is InChI=1S/C17H27NO/c1-4-14-7-9-15(10-8-14)13-16(18-5-2)17(3)11-6-12-19-17/h7-10,16,18H,4-6,11-13H2,1-3H3. The summed E-state index contributed by atoms with van der Waals surface area (Å²) in [5.74, 6) is 0. The predicted octanol–water partition coefficient (Wildman–Crippen LogP) is 3.34. The van der Waals surface area contributed by atoms with Crippen LogP contribution in [0.5, 0.6) is 0 Å². The van der Waals surface area contributed by atoms with Crippen molar-refractivity contribution in [2.24, 2.45) is 0 Å². The van der Waals surface area contributed by atoms with Crippen LogP contribution < -0.4 is 5.32 Å². The van der Waals surface area contributed by atoms with Crippen LogP contribution >= 0.6 is 0 Å². The molecular formula is C17H27NO. The van der Waals surface area contributed by atoms with Crippen LogP contribution in [0.15, 0.2) is 24.3 Å². The van der Waals surface area contributed by atoms with Crippen molar-refractivity contribution >= 4 is 0 Å². The van der Waals surface area contributed by atoms with Crippen LogP contribution in [-0.2, 0) is 17.6 Å². The van der Waals surface area contributed by atoms with Gasteiger partial charge in [0.05, 0.1) is 5.60 Å². The summed E-state index contributed by atoms with van der Waals surface area (Å²) in [6.45, 7) is 8.53. The van der Waals surface area contributed by atoms with Gasteiger partial charge in [-0.15, -0.1) is 0 Å². The summed E-state index contributed by atoms with van der Waals surface area (Å²) in [5.41, 5.74) is 2.81. The number of benzene rings is 1. The third-order valence-electron chi connectivity index (χ3n) is 4.31. The predicted molar refractivity (Wildman–Crippen MR) is 80.6 cm³/mol. The van der Waals surface area contributed by atoms with Gasteiger partial charge in [0.1, 0.15) is 0 Å². The van der Waals surface area contributed by atoms with E-state index in [0.29, 0.717) is 6.04 Å². The van der Waals surface area contributed by atoms with Crippen LogP contribution in [0, 0.1) is 0 Å². The zero-order chi connectivity index (χ0) is 13.7. The van der Waals surface area contributed by atoms with Gasteiger partial charge in [-0.3, -0.25) is 0 Å². The Labute approximate surface area is 117 Å². The van der Waals surface area contributed by atoms with E-state index in [0.717, 1.165) is 32.4 Å². The molecule has 0 radical (unpaired) electrons. The van der Waals surface area contributed by atoms with Gasteiger partial charge >= 0.3 is 0 Å². The Morgan fingerprint density at radius 1 is 1.21 bits per heavy atom. The van der Waals surface area contributed by atoms with Gasteiger partial charge in [0.25, 0.3) is 0 Å². The third-order valence-corrected chi connectivity index (χ3v) is 4.31. The van der Waals surface area contributed by atoms with Crippen LogP contribution in [0.2, 0.25) is 0 Å². The fraction of sp³-hybridized carbons (Fsp3) is 0.647. The average Bonchev–Trinajstić information content (AvgIpc) is 2.87. The highest BCUT2D eigenvalue weighted by Crippen LogP contribution is 2.30. The van der Waals surface area contributed by atoms with E-state index in [9.17, 15) is 0 Å². The number of ether oxygens (including phenoxy) is 1. The maximum atomic E-state index is 6.01. The van der Waals surface area contributed by atoms with Gasteiger partial charge < -0.3 is 10.1 Å². The molecule has 2 unspecified atom stereocenters. The Morgan fingerprint density at radius 3 is 2.42 bits per heavy atom. The van der Waals surface area contributed by atoms with Crippen molar-refractivity contribution in [3.63, 3.8) is 0 Å². The molecule has 2 rings (SSSR count). The van der Waals surface area contributed by atoms with E-state index in [2.05, 4.69) is 50.4 Å². The molecule has 1 aromatic rings. The molecule has 0 aliphatic carbocycles. The zero-order valence-electron chi connectivity index (χ0n) is 12.5. The number of nitrogens with one attached hydrogen (secondary N) is 1. The van der Waals surface area contributed by atoms with E-state index < -0.39 is 0 Å². The lowest BCUT2D eigenvalue weighted by atomic mass is 9.88. The molecule has 1 N–H and O–H groups in total. The van der Waals surface area contributed by atoms with Crippen LogP contribution in [0.25, 0.3) is 0 Å². The molecule has 2 heteroatoms. The zero-order valence-corrected chi connectivity index (χ0v) is 12.5. The van der Waals surface area contributed by atoms with Crippen LogP contribution in [-0.4, -0.2) is 24.8 Å². The topological polar surface area (TPSA) is 21.3 Å². The lowest BCUT2D eigenvalue weighted by Gasteiger charge is -2.34. The van der Waals surface area contributed by atoms with Crippen molar-refractivity contribution in [3.05, 3.63) is 35.4 Å². The highest BCUT2D eigenvalue weighted by atomic mass is 16.5. The summed E-state index contributed by atoms with van der Waals surface area (Å²) in [7, 11) is 0. The molecule has 0 spiro atoms. The monoisotopic (exact) mass is 261 g/mol. The molecule has 1 heterocycles. The summed E-state index contributed by atoms with van der Waals surface area (Å²) < 4.78 is 6.01. The molecular weight excluding hydrogens is 234 g/mol. The highest BCUT2D eigenvalue weighted by Gasteiger charge is 2.37. The first-order chi connectivity index (χ1) is 9.18. The Balaban J connectivity index is 2.06. The minimum Gasteiger partial charge on any atom is -0.374 e. The molecule has 2 nitrogen and oxygen atoms in total. The number of likely N-dealkylation sites (N-methyl/N-ethyl adjacent to an activating group) is 1. The van der Waals surface area contributed by atoms with Gasteiger partial charge in [-0.2, -0.15) is 0 Å². The van der Waals surface area contributed by atoms with Crippen LogP contribution in [0.4, 0.5) is 0 Å². The smallest absolute Gasteiger partial charge is 0.0810 e. The summed E-state index contributed by atoms with van der Waals surface area (Å²) >= 11 is 0. The van der Waals surface area contributed by atoms with E-state index in [-0.39, 0.29) is 5.60 Å². The highest BCUT2D eigenvalue weighted by molar-refractivity contribution is 5.23. The van der Waals surface area contributed by atoms with E-state index in [4.69, 9.17) is 4.74 Å². The third kappa shape index (κ3) is 3.58. The first-order valence-electron chi connectivity index (χ1n) is 7.63. The van der Waals surface area contributed by atoms with E-state index in [1.54, 1.807) is 0 Å². The molecule has 1 aliphatic rings. The molecule has 1 fully saturated rings. The minimum atomic E-state index is -0.000558. The van der Waals surface area contributed by atoms with Gasteiger partial charge in [0.2, 0.25) is 0 Å². The van der Waals surface area contributed by atoms with Crippen molar-refractivity contribution in [1.82, 2.24) is 5.32 Å². The first kappa shape index (κ1) is 14.5. The molecule has 19 heavy (non-hydrogen) atoms. The molecule has 1 aliphatic heterocycles. The van der Waals surface area contributed by atoms with Crippen molar-refractivity contribution in [3.8, 4) is 0 Å². The fourth-order valence-corrected chi connectivity index (χ4v) is 2.97. The van der Waals surface area contributed by atoms with E-state index in [1.165, 1.54) is 17.5 Å². The Hall–Kier alpha value is -0.860. The Kier molecular flexibility index (Phi) is 5.00. The number of hydrogen-bond donors (Lipinski definition) is 1. The lowest BCUT2D eigenvalue weighted by Crippen LogP contribution is -2.49. The molecule has 106 valence electrons. The maximum absolute atomic E-state index is 6.01. The molecule has 1 saturated heterocycles. The summed E-state index contributed by atoms with van der Waals surface area (Å²) in [6.07, 6.45) is 4.51. The van der Waals surface area contributed by atoms with Crippen molar-refractivity contribution in [2.75, 3.05) is 13.2 Å². The van der Waals surface area contributed by atoms with Crippen molar-refractivity contribution in [2.45, 2.75) is 58.1 Å². The molecule has 0 bridgehead atoms. The van der Waals surface area contributed by atoms with Gasteiger partial charge in [0, 0.05) is 12.6 Å². The van der Waals surface area contributed by atoms with E-state index in [1.807, 2.05) is 0 Å². The lowest BCUT2D eigenvalue weighted by molar-refractivity contribution is -0.0110. The number of aryl methyl sites for hydroxylation is 1. The van der Waals surface area contributed by atoms with E-state index >= 15 is 0 Å². The average molecular weight is 261 g/mol. The largest absolute Gasteiger partial charge is 0.374 e. The van der Waals surface area contributed by atoms with Crippen molar-refractivity contribution < 1.29 is 4.74 Å². The maximum Gasteiger partial charge on any atom is 0.0810 e. The molecule has 0 saturated carbocycles. The number of hydrogen-bond acceptors (Lipinski definition) is 2. The molecule has 0 amide bonds. The van der Waals surface area contributed by atoms with Gasteiger partial charge in [0.15, 0.2) is 0 Å². The molecule has 0 aromatic heterocycles. The molecule has 2 atom stereocenters. The SMILES string of the molecule is CCNC(Cc1ccc(CC)cc1)C1(C)CCCO1. The fourth-order valence-electron chi connectivity index (χ4n) is 2.97. The normalized spacial score (nSPS) is 24.6. The molecule has 1 aromatic carbocycles. The second-order valence-corrected chi connectivity index (χ2v) is 5.75. The summed E-state index contributed by atoms with van der Waals surface area (Å²) in [6, 6.07) is 9.43. The van der Waals surface area contributed by atoms with Crippen LogP contribution in [0.3, 0.4) is 0 Å². The quantitative estimate of drug-likeness (QED) is 0.848. The Morgan fingerprint density at radius 2 is 1.89 bits per heavy atom.